The van der Waals surface area contributed by atoms with E-state index < -0.39 is 5.97 Å². The first-order chi connectivity index (χ1) is 9.58. The normalized spacial score (nSPS) is 20.9. The molecule has 1 aromatic rings. The Morgan fingerprint density at radius 1 is 1.35 bits per heavy atom. The molecule has 0 heterocycles. The van der Waals surface area contributed by atoms with Gasteiger partial charge in [-0.3, -0.25) is 4.79 Å². The molecule has 0 radical (unpaired) electrons. The number of rotatable bonds is 3. The van der Waals surface area contributed by atoms with Crippen LogP contribution in [0.1, 0.15) is 24.8 Å². The van der Waals surface area contributed by atoms with E-state index in [1.807, 2.05) is 6.07 Å². The summed E-state index contributed by atoms with van der Waals surface area (Å²) in [7, 11) is 0. The van der Waals surface area contributed by atoms with E-state index in [-0.39, 0.29) is 18.0 Å². The van der Waals surface area contributed by atoms with Gasteiger partial charge in [-0.05, 0) is 37.5 Å². The van der Waals surface area contributed by atoms with E-state index in [0.29, 0.717) is 30.5 Å². The first kappa shape index (κ1) is 13.9. The molecule has 0 unspecified atom stereocenters. The molecule has 2 atom stereocenters. The van der Waals surface area contributed by atoms with E-state index in [2.05, 4.69) is 10.6 Å². The summed E-state index contributed by atoms with van der Waals surface area (Å²) in [6, 6.07) is 8.10. The average molecular weight is 273 g/mol. The van der Waals surface area contributed by atoms with E-state index in [0.717, 1.165) is 0 Å². The predicted molar refractivity (Wildman–Crippen MR) is 72.1 cm³/mol. The van der Waals surface area contributed by atoms with Crippen molar-refractivity contribution < 1.29 is 14.7 Å². The molecule has 20 heavy (non-hydrogen) atoms. The number of carboxylic acid groups (broad SMARTS) is 1. The third kappa shape index (κ3) is 3.48. The minimum absolute atomic E-state index is 0.116. The van der Waals surface area contributed by atoms with Crippen LogP contribution in [-0.4, -0.2) is 23.1 Å². The summed E-state index contributed by atoms with van der Waals surface area (Å²) in [6.45, 7) is 0. The number of nitrogens with one attached hydrogen (secondary N) is 2. The zero-order valence-corrected chi connectivity index (χ0v) is 10.8. The molecule has 1 saturated carbocycles. The van der Waals surface area contributed by atoms with E-state index in [9.17, 15) is 9.59 Å². The lowest BCUT2D eigenvalue weighted by molar-refractivity contribution is -0.141. The summed E-state index contributed by atoms with van der Waals surface area (Å²) in [4.78, 5) is 22.6. The van der Waals surface area contributed by atoms with Gasteiger partial charge < -0.3 is 15.7 Å². The molecule has 1 aromatic carbocycles. The Bertz CT molecular complexity index is 565. The molecule has 6 heteroatoms. The predicted octanol–water partition coefficient (Wildman–Crippen LogP) is 1.93. The standard InChI is InChI=1S/C14H15N3O3/c15-8-9-2-1-3-11(6-9)16-14(20)17-12-5-4-10(7-12)13(18)19/h1-3,6,10,12H,4-5,7H2,(H,18,19)(H2,16,17,20)/t10-,12+/m1/s1. The van der Waals surface area contributed by atoms with Crippen molar-refractivity contribution >= 4 is 17.7 Å². The van der Waals surface area contributed by atoms with Gasteiger partial charge in [-0.2, -0.15) is 5.26 Å². The Kier molecular flexibility index (Phi) is 4.20. The first-order valence-electron chi connectivity index (χ1n) is 6.39. The lowest BCUT2D eigenvalue weighted by Gasteiger charge is -2.13. The van der Waals surface area contributed by atoms with Gasteiger partial charge in [-0.15, -0.1) is 0 Å². The second kappa shape index (κ2) is 6.06. The number of hydrogen-bond acceptors (Lipinski definition) is 3. The van der Waals surface area contributed by atoms with Gasteiger partial charge in [0.15, 0.2) is 0 Å². The largest absolute Gasteiger partial charge is 0.481 e. The molecule has 0 aliphatic heterocycles. The summed E-state index contributed by atoms with van der Waals surface area (Å²) in [5, 5.41) is 23.1. The fourth-order valence-electron chi connectivity index (χ4n) is 2.36. The van der Waals surface area contributed by atoms with E-state index >= 15 is 0 Å². The number of hydrogen-bond donors (Lipinski definition) is 3. The second-order valence-corrected chi connectivity index (χ2v) is 4.84. The molecule has 1 fully saturated rings. The van der Waals surface area contributed by atoms with Gasteiger partial charge in [0.2, 0.25) is 0 Å². The van der Waals surface area contributed by atoms with Crippen LogP contribution in [0.2, 0.25) is 0 Å². The fraction of sp³-hybridized carbons (Fsp3) is 0.357. The van der Waals surface area contributed by atoms with E-state index in [1.165, 1.54) is 0 Å². The van der Waals surface area contributed by atoms with Crippen LogP contribution < -0.4 is 10.6 Å². The number of amides is 2. The third-order valence-corrected chi connectivity index (χ3v) is 3.37. The lowest BCUT2D eigenvalue weighted by Crippen LogP contribution is -2.36. The summed E-state index contributed by atoms with van der Waals surface area (Å²) in [6.07, 6.45) is 1.72. The number of urea groups is 1. The Morgan fingerprint density at radius 3 is 2.80 bits per heavy atom. The maximum absolute atomic E-state index is 11.8. The monoisotopic (exact) mass is 273 g/mol. The van der Waals surface area contributed by atoms with Crippen LogP contribution in [0.3, 0.4) is 0 Å². The van der Waals surface area contributed by atoms with Crippen molar-refractivity contribution in [1.29, 1.82) is 5.26 Å². The van der Waals surface area contributed by atoms with Crippen LogP contribution in [0, 0.1) is 17.2 Å². The van der Waals surface area contributed by atoms with Crippen molar-refractivity contribution in [3.8, 4) is 6.07 Å². The van der Waals surface area contributed by atoms with Crippen LogP contribution in [0.5, 0.6) is 0 Å². The highest BCUT2D eigenvalue weighted by atomic mass is 16.4. The van der Waals surface area contributed by atoms with E-state index in [4.69, 9.17) is 10.4 Å². The topological polar surface area (TPSA) is 102 Å². The van der Waals surface area contributed by atoms with Crippen molar-refractivity contribution in [3.05, 3.63) is 29.8 Å². The van der Waals surface area contributed by atoms with Gasteiger partial charge in [-0.1, -0.05) is 6.07 Å². The van der Waals surface area contributed by atoms with Crippen LogP contribution in [-0.2, 0) is 4.79 Å². The molecule has 0 bridgehead atoms. The van der Waals surface area contributed by atoms with Crippen molar-refractivity contribution in [2.24, 2.45) is 5.92 Å². The number of carboxylic acids is 1. The smallest absolute Gasteiger partial charge is 0.319 e. The van der Waals surface area contributed by atoms with Crippen molar-refractivity contribution in [3.63, 3.8) is 0 Å². The lowest BCUT2D eigenvalue weighted by atomic mass is 10.1. The first-order valence-corrected chi connectivity index (χ1v) is 6.39. The molecule has 0 spiro atoms. The number of aliphatic carboxylic acids is 1. The minimum atomic E-state index is -0.809. The van der Waals surface area contributed by atoms with Crippen LogP contribution in [0.25, 0.3) is 0 Å². The fourth-order valence-corrected chi connectivity index (χ4v) is 2.36. The molecular weight excluding hydrogens is 258 g/mol. The summed E-state index contributed by atoms with van der Waals surface area (Å²) in [5.74, 6) is -1.18. The average Bonchev–Trinajstić information content (AvgIpc) is 2.87. The number of benzene rings is 1. The van der Waals surface area contributed by atoms with Gasteiger partial charge in [0, 0.05) is 11.7 Å². The molecule has 2 amide bonds. The molecule has 2 rings (SSSR count). The van der Waals surface area contributed by atoms with Gasteiger partial charge >= 0.3 is 12.0 Å². The summed E-state index contributed by atoms with van der Waals surface area (Å²) < 4.78 is 0. The summed E-state index contributed by atoms with van der Waals surface area (Å²) >= 11 is 0. The quantitative estimate of drug-likeness (QED) is 0.783. The summed E-state index contributed by atoms with van der Waals surface area (Å²) in [5.41, 5.74) is 1.00. The number of carbonyl (C=O) groups is 2. The Morgan fingerprint density at radius 2 is 2.15 bits per heavy atom. The number of anilines is 1. The Balaban J connectivity index is 1.87. The molecular formula is C14H15N3O3. The number of carbonyl (C=O) groups excluding carboxylic acids is 1. The van der Waals surface area contributed by atoms with Gasteiger partial charge in [0.05, 0.1) is 17.6 Å². The molecule has 6 nitrogen and oxygen atoms in total. The highest BCUT2D eigenvalue weighted by Crippen LogP contribution is 2.25. The minimum Gasteiger partial charge on any atom is -0.481 e. The van der Waals surface area contributed by atoms with Crippen molar-refractivity contribution in [2.45, 2.75) is 25.3 Å². The Labute approximate surface area is 116 Å². The zero-order valence-electron chi connectivity index (χ0n) is 10.8. The number of nitrogens with zero attached hydrogens (tertiary/aromatic N) is 1. The van der Waals surface area contributed by atoms with Crippen LogP contribution in [0.15, 0.2) is 24.3 Å². The molecule has 1 aliphatic carbocycles. The SMILES string of the molecule is N#Cc1cccc(NC(=O)N[C@H]2CC[C@@H](C(=O)O)C2)c1. The second-order valence-electron chi connectivity index (χ2n) is 4.84. The maximum atomic E-state index is 11.8. The molecule has 3 N–H and O–H groups in total. The van der Waals surface area contributed by atoms with E-state index in [1.54, 1.807) is 24.3 Å². The molecule has 1 aliphatic rings. The van der Waals surface area contributed by atoms with Crippen molar-refractivity contribution in [2.75, 3.05) is 5.32 Å². The van der Waals surface area contributed by atoms with Crippen LogP contribution >= 0.6 is 0 Å². The van der Waals surface area contributed by atoms with Gasteiger partial charge in [-0.25, -0.2) is 4.79 Å². The van der Waals surface area contributed by atoms with Gasteiger partial charge in [0.25, 0.3) is 0 Å². The molecule has 0 aromatic heterocycles. The van der Waals surface area contributed by atoms with Crippen LogP contribution in [0.4, 0.5) is 10.5 Å². The zero-order chi connectivity index (χ0) is 14.5. The molecule has 104 valence electrons. The molecule has 0 saturated heterocycles. The number of nitriles is 1. The maximum Gasteiger partial charge on any atom is 0.319 e. The third-order valence-electron chi connectivity index (χ3n) is 3.37. The highest BCUT2D eigenvalue weighted by Gasteiger charge is 2.30. The van der Waals surface area contributed by atoms with Gasteiger partial charge in [0.1, 0.15) is 0 Å². The van der Waals surface area contributed by atoms with Crippen molar-refractivity contribution in [1.82, 2.24) is 5.32 Å². The Hall–Kier alpha value is -2.55. The highest BCUT2D eigenvalue weighted by molar-refractivity contribution is 5.89.